The van der Waals surface area contributed by atoms with Gasteiger partial charge in [0.2, 0.25) is 0 Å². The van der Waals surface area contributed by atoms with E-state index in [2.05, 4.69) is 53.7 Å². The third-order valence-electron chi connectivity index (χ3n) is 4.30. The summed E-state index contributed by atoms with van der Waals surface area (Å²) in [5, 5.41) is 16.0. The minimum absolute atomic E-state index is 0.0221. The Morgan fingerprint density at radius 2 is 2.26 bits per heavy atom. The molecule has 1 unspecified atom stereocenters. The average Bonchev–Trinajstić information content (AvgIpc) is 2.99. The molecule has 0 saturated carbocycles. The fourth-order valence-electron chi connectivity index (χ4n) is 2.91. The van der Waals surface area contributed by atoms with E-state index in [-0.39, 0.29) is 12.0 Å². The molecular formula is C18H29N3O2. The molecule has 5 heteroatoms. The molecule has 128 valence electrons. The fourth-order valence-corrected chi connectivity index (χ4v) is 2.91. The van der Waals surface area contributed by atoms with Crippen LogP contribution < -0.4 is 10.6 Å². The maximum absolute atomic E-state index is 9.31. The van der Waals surface area contributed by atoms with Crippen LogP contribution in [0.2, 0.25) is 0 Å². The predicted octanol–water partition coefficient (Wildman–Crippen LogP) is 1.84. The van der Waals surface area contributed by atoms with E-state index in [1.165, 1.54) is 11.1 Å². The molecule has 2 rings (SSSR count). The van der Waals surface area contributed by atoms with Crippen LogP contribution in [0.15, 0.2) is 29.3 Å². The molecule has 0 amide bonds. The van der Waals surface area contributed by atoms with Gasteiger partial charge in [0, 0.05) is 31.7 Å². The van der Waals surface area contributed by atoms with Crippen LogP contribution in [0.5, 0.6) is 0 Å². The molecule has 1 atom stereocenters. The predicted molar refractivity (Wildman–Crippen MR) is 93.6 cm³/mol. The normalized spacial score (nSPS) is 21.4. The Balaban J connectivity index is 1.96. The van der Waals surface area contributed by atoms with Gasteiger partial charge in [-0.3, -0.25) is 0 Å². The number of guanidine groups is 1. The van der Waals surface area contributed by atoms with Crippen LogP contribution in [0.3, 0.4) is 0 Å². The summed E-state index contributed by atoms with van der Waals surface area (Å²) in [7, 11) is 0. The fraction of sp³-hybridized carbons (Fsp3) is 0.611. The topological polar surface area (TPSA) is 65.9 Å². The number of aliphatic hydroxyl groups excluding tert-OH is 1. The summed E-state index contributed by atoms with van der Waals surface area (Å²) >= 11 is 0. The number of ether oxygens (including phenoxy) is 1. The van der Waals surface area contributed by atoms with Crippen LogP contribution >= 0.6 is 0 Å². The highest BCUT2D eigenvalue weighted by Gasteiger charge is 2.34. The van der Waals surface area contributed by atoms with E-state index in [9.17, 15) is 5.11 Å². The van der Waals surface area contributed by atoms with Gasteiger partial charge in [-0.2, -0.15) is 0 Å². The first-order chi connectivity index (χ1) is 11.2. The molecule has 1 aromatic rings. The van der Waals surface area contributed by atoms with Crippen molar-refractivity contribution < 1.29 is 9.84 Å². The van der Waals surface area contributed by atoms with E-state index in [4.69, 9.17) is 4.74 Å². The molecule has 1 heterocycles. The van der Waals surface area contributed by atoms with Gasteiger partial charge >= 0.3 is 0 Å². The van der Waals surface area contributed by atoms with Crippen molar-refractivity contribution >= 4 is 5.96 Å². The lowest BCUT2D eigenvalue weighted by Crippen LogP contribution is -2.44. The van der Waals surface area contributed by atoms with E-state index in [1.807, 2.05) is 0 Å². The standard InChI is InChI=1S/C18H29N3O2/c1-3-19-17(20-12-16-6-4-5-15(2)11-16)21-13-18(7-9-22)8-10-23-14-18/h4-6,11,22H,3,7-10,12-14H2,1-2H3,(H2,19,20,21). The van der Waals surface area contributed by atoms with Gasteiger partial charge in [0.1, 0.15) is 0 Å². The zero-order valence-corrected chi connectivity index (χ0v) is 14.3. The Morgan fingerprint density at radius 1 is 1.39 bits per heavy atom. The lowest BCUT2D eigenvalue weighted by molar-refractivity contribution is 0.127. The number of nitrogens with zero attached hydrogens (tertiary/aromatic N) is 1. The highest BCUT2D eigenvalue weighted by atomic mass is 16.5. The molecule has 3 N–H and O–H groups in total. The van der Waals surface area contributed by atoms with Gasteiger partial charge in [-0.15, -0.1) is 0 Å². The minimum atomic E-state index is 0.0221. The van der Waals surface area contributed by atoms with Crippen molar-refractivity contribution in [3.63, 3.8) is 0 Å². The summed E-state index contributed by atoms with van der Waals surface area (Å²) in [6.45, 7) is 8.08. The maximum atomic E-state index is 9.31. The summed E-state index contributed by atoms with van der Waals surface area (Å²) in [4.78, 5) is 4.67. The lowest BCUT2D eigenvalue weighted by Gasteiger charge is -2.27. The lowest BCUT2D eigenvalue weighted by atomic mass is 9.84. The van der Waals surface area contributed by atoms with E-state index in [1.54, 1.807) is 0 Å². The molecule has 23 heavy (non-hydrogen) atoms. The van der Waals surface area contributed by atoms with Gasteiger partial charge in [0.25, 0.3) is 0 Å². The maximum Gasteiger partial charge on any atom is 0.191 e. The van der Waals surface area contributed by atoms with Gasteiger partial charge in [-0.05, 0) is 32.3 Å². The Hall–Kier alpha value is -1.59. The Labute approximate surface area is 139 Å². The number of benzene rings is 1. The van der Waals surface area contributed by atoms with Gasteiger partial charge in [0.05, 0.1) is 13.2 Å². The Morgan fingerprint density at radius 3 is 2.91 bits per heavy atom. The number of nitrogens with one attached hydrogen (secondary N) is 2. The zero-order valence-electron chi connectivity index (χ0n) is 14.3. The van der Waals surface area contributed by atoms with E-state index >= 15 is 0 Å². The summed E-state index contributed by atoms with van der Waals surface area (Å²) in [6.07, 6.45) is 1.75. The number of aryl methyl sites for hydroxylation is 1. The van der Waals surface area contributed by atoms with Gasteiger partial charge in [0.15, 0.2) is 5.96 Å². The molecular weight excluding hydrogens is 290 g/mol. The Kier molecular flexibility index (Phi) is 6.86. The SMILES string of the molecule is CCNC(=NCc1cccc(C)c1)NCC1(CCO)CCOC1. The molecule has 0 spiro atoms. The average molecular weight is 319 g/mol. The van der Waals surface area contributed by atoms with E-state index in [0.717, 1.165) is 38.5 Å². The smallest absolute Gasteiger partial charge is 0.191 e. The molecule has 0 bridgehead atoms. The third kappa shape index (κ3) is 5.52. The first kappa shape index (κ1) is 17.8. The molecule has 1 aliphatic rings. The molecule has 0 radical (unpaired) electrons. The second-order valence-corrected chi connectivity index (χ2v) is 6.31. The molecule has 0 aromatic heterocycles. The molecule has 1 fully saturated rings. The zero-order chi connectivity index (χ0) is 16.5. The molecule has 1 aromatic carbocycles. The monoisotopic (exact) mass is 319 g/mol. The first-order valence-electron chi connectivity index (χ1n) is 8.44. The van der Waals surface area contributed by atoms with Crippen LogP contribution in [-0.2, 0) is 11.3 Å². The van der Waals surface area contributed by atoms with Crippen molar-refractivity contribution in [3.05, 3.63) is 35.4 Å². The van der Waals surface area contributed by atoms with Crippen LogP contribution in [0.1, 0.15) is 30.9 Å². The van der Waals surface area contributed by atoms with Gasteiger partial charge < -0.3 is 20.5 Å². The third-order valence-corrected chi connectivity index (χ3v) is 4.30. The number of aliphatic imine (C=N–C) groups is 1. The number of aliphatic hydroxyl groups is 1. The van der Waals surface area contributed by atoms with Crippen molar-refractivity contribution in [1.29, 1.82) is 0 Å². The molecule has 0 aliphatic carbocycles. The first-order valence-corrected chi connectivity index (χ1v) is 8.44. The summed E-state index contributed by atoms with van der Waals surface area (Å²) < 4.78 is 5.54. The number of hydrogen-bond acceptors (Lipinski definition) is 3. The minimum Gasteiger partial charge on any atom is -0.396 e. The molecule has 1 aliphatic heterocycles. The second-order valence-electron chi connectivity index (χ2n) is 6.31. The highest BCUT2D eigenvalue weighted by molar-refractivity contribution is 5.79. The van der Waals surface area contributed by atoms with Gasteiger partial charge in [-0.25, -0.2) is 4.99 Å². The van der Waals surface area contributed by atoms with Crippen LogP contribution in [0, 0.1) is 12.3 Å². The van der Waals surface area contributed by atoms with Crippen LogP contribution in [0.4, 0.5) is 0 Å². The summed E-state index contributed by atoms with van der Waals surface area (Å²) in [5.74, 6) is 0.818. The quantitative estimate of drug-likeness (QED) is 0.530. The van der Waals surface area contributed by atoms with Crippen LogP contribution in [-0.4, -0.2) is 44.0 Å². The van der Waals surface area contributed by atoms with Crippen molar-refractivity contribution in [3.8, 4) is 0 Å². The summed E-state index contributed by atoms with van der Waals surface area (Å²) in [5.41, 5.74) is 2.48. The number of hydrogen-bond donors (Lipinski definition) is 3. The van der Waals surface area contributed by atoms with Crippen molar-refractivity contribution in [2.45, 2.75) is 33.2 Å². The van der Waals surface area contributed by atoms with Crippen LogP contribution in [0.25, 0.3) is 0 Å². The van der Waals surface area contributed by atoms with E-state index in [0.29, 0.717) is 13.2 Å². The number of rotatable bonds is 7. The second kappa shape index (κ2) is 8.89. The van der Waals surface area contributed by atoms with E-state index < -0.39 is 0 Å². The Bertz CT molecular complexity index is 511. The largest absolute Gasteiger partial charge is 0.396 e. The summed E-state index contributed by atoms with van der Waals surface area (Å²) in [6, 6.07) is 8.41. The van der Waals surface area contributed by atoms with Crippen molar-refractivity contribution in [1.82, 2.24) is 10.6 Å². The van der Waals surface area contributed by atoms with Crippen molar-refractivity contribution in [2.24, 2.45) is 10.4 Å². The highest BCUT2D eigenvalue weighted by Crippen LogP contribution is 2.31. The molecule has 1 saturated heterocycles. The van der Waals surface area contributed by atoms with Crippen molar-refractivity contribution in [2.75, 3.05) is 32.9 Å². The van der Waals surface area contributed by atoms with Gasteiger partial charge in [-0.1, -0.05) is 29.8 Å². The molecule has 5 nitrogen and oxygen atoms in total.